The van der Waals surface area contributed by atoms with Gasteiger partial charge < -0.3 is 10.6 Å². The second-order valence-electron chi connectivity index (χ2n) is 7.59. The Bertz CT molecular complexity index is 813. The third kappa shape index (κ3) is 3.05. The van der Waals surface area contributed by atoms with Crippen LogP contribution in [0.15, 0.2) is 41.8 Å². The number of rotatable bonds is 5. The first-order valence-corrected chi connectivity index (χ1v) is 10.2. The average molecular weight is 369 g/mol. The molecule has 2 aliphatic rings. The molecule has 0 unspecified atom stereocenters. The molecule has 2 fully saturated rings. The van der Waals surface area contributed by atoms with Crippen molar-refractivity contribution in [1.82, 2.24) is 4.90 Å². The summed E-state index contributed by atoms with van der Waals surface area (Å²) in [5.74, 6) is 0.0883. The van der Waals surface area contributed by atoms with Crippen molar-refractivity contribution in [2.24, 2.45) is 17.1 Å². The molecule has 2 amide bonds. The SMILES string of the molecule is NC(=O)[C@@]1(Cc2ccccc2-c2cccs2)CCN(C(=O)C2CCC2)C1. The Hall–Kier alpha value is -2.14. The lowest BCUT2D eigenvalue weighted by atomic mass is 9.78. The smallest absolute Gasteiger partial charge is 0.225 e. The zero-order valence-electron chi connectivity index (χ0n) is 14.8. The van der Waals surface area contributed by atoms with Gasteiger partial charge in [-0.15, -0.1) is 11.3 Å². The van der Waals surface area contributed by atoms with Gasteiger partial charge in [0.05, 0.1) is 5.41 Å². The molecular weight excluding hydrogens is 344 g/mol. The van der Waals surface area contributed by atoms with Crippen LogP contribution in [-0.4, -0.2) is 29.8 Å². The van der Waals surface area contributed by atoms with E-state index in [4.69, 9.17) is 5.73 Å². The fourth-order valence-corrected chi connectivity index (χ4v) is 4.90. The van der Waals surface area contributed by atoms with Gasteiger partial charge in [0.1, 0.15) is 0 Å². The van der Waals surface area contributed by atoms with E-state index < -0.39 is 5.41 Å². The van der Waals surface area contributed by atoms with Crippen molar-refractivity contribution in [1.29, 1.82) is 0 Å². The minimum atomic E-state index is -0.660. The molecule has 1 aromatic heterocycles. The molecule has 4 nitrogen and oxygen atoms in total. The molecule has 0 spiro atoms. The molecule has 1 atom stereocenters. The second kappa shape index (κ2) is 6.88. The van der Waals surface area contributed by atoms with Crippen LogP contribution in [0.3, 0.4) is 0 Å². The summed E-state index contributed by atoms with van der Waals surface area (Å²) in [6.45, 7) is 1.09. The molecule has 2 N–H and O–H groups in total. The number of carbonyl (C=O) groups excluding carboxylic acids is 2. The number of nitrogens with two attached hydrogens (primary N) is 1. The third-order valence-electron chi connectivity index (χ3n) is 5.98. The number of nitrogens with zero attached hydrogens (tertiary/aromatic N) is 1. The summed E-state index contributed by atoms with van der Waals surface area (Å²) in [5.41, 5.74) is 7.49. The normalized spacial score (nSPS) is 23.0. The van der Waals surface area contributed by atoms with Crippen molar-refractivity contribution in [3.05, 3.63) is 47.3 Å². The van der Waals surface area contributed by atoms with Crippen LogP contribution in [-0.2, 0) is 16.0 Å². The largest absolute Gasteiger partial charge is 0.369 e. The van der Waals surface area contributed by atoms with Gasteiger partial charge in [0, 0.05) is 23.9 Å². The van der Waals surface area contributed by atoms with E-state index >= 15 is 0 Å². The van der Waals surface area contributed by atoms with Crippen molar-refractivity contribution in [2.75, 3.05) is 13.1 Å². The Morgan fingerprint density at radius 3 is 2.65 bits per heavy atom. The van der Waals surface area contributed by atoms with Crippen molar-refractivity contribution in [3.63, 3.8) is 0 Å². The number of hydrogen-bond acceptors (Lipinski definition) is 3. The van der Waals surface area contributed by atoms with Crippen molar-refractivity contribution in [2.45, 2.75) is 32.1 Å². The van der Waals surface area contributed by atoms with Gasteiger partial charge in [0.2, 0.25) is 11.8 Å². The molecule has 136 valence electrons. The van der Waals surface area contributed by atoms with Crippen LogP contribution in [0, 0.1) is 11.3 Å². The van der Waals surface area contributed by atoms with Gasteiger partial charge in [0.25, 0.3) is 0 Å². The Morgan fingerprint density at radius 1 is 1.19 bits per heavy atom. The van der Waals surface area contributed by atoms with E-state index in [1.165, 1.54) is 4.88 Å². The number of primary amides is 1. The first kappa shape index (κ1) is 17.3. The Morgan fingerprint density at radius 2 is 2.00 bits per heavy atom. The highest BCUT2D eigenvalue weighted by molar-refractivity contribution is 7.13. The fourth-order valence-electron chi connectivity index (χ4n) is 4.12. The summed E-state index contributed by atoms with van der Waals surface area (Å²) < 4.78 is 0. The molecule has 1 aliphatic heterocycles. The lowest BCUT2D eigenvalue weighted by Crippen LogP contribution is -2.44. The number of likely N-dealkylation sites (tertiary alicyclic amines) is 1. The van der Waals surface area contributed by atoms with Crippen molar-refractivity contribution < 1.29 is 9.59 Å². The predicted molar refractivity (Wildman–Crippen MR) is 104 cm³/mol. The molecule has 0 bridgehead atoms. The van der Waals surface area contributed by atoms with E-state index in [0.29, 0.717) is 25.9 Å². The number of benzene rings is 1. The van der Waals surface area contributed by atoms with Crippen LogP contribution in [0.2, 0.25) is 0 Å². The van der Waals surface area contributed by atoms with Gasteiger partial charge in [-0.05, 0) is 48.3 Å². The molecule has 26 heavy (non-hydrogen) atoms. The maximum absolute atomic E-state index is 12.6. The molecule has 1 aromatic carbocycles. The predicted octanol–water partition coefficient (Wildman–Crippen LogP) is 3.46. The summed E-state index contributed by atoms with van der Waals surface area (Å²) in [6.07, 6.45) is 4.35. The highest BCUT2D eigenvalue weighted by atomic mass is 32.1. The zero-order chi connectivity index (χ0) is 18.1. The fraction of sp³-hybridized carbons (Fsp3) is 0.429. The van der Waals surface area contributed by atoms with Gasteiger partial charge >= 0.3 is 0 Å². The molecular formula is C21H24N2O2S. The van der Waals surface area contributed by atoms with Crippen molar-refractivity contribution in [3.8, 4) is 10.4 Å². The lowest BCUT2D eigenvalue weighted by molar-refractivity contribution is -0.138. The van der Waals surface area contributed by atoms with E-state index in [2.05, 4.69) is 23.6 Å². The third-order valence-corrected chi connectivity index (χ3v) is 6.88. The average Bonchev–Trinajstić information content (AvgIpc) is 3.24. The van der Waals surface area contributed by atoms with Crippen LogP contribution < -0.4 is 5.73 Å². The molecule has 1 saturated heterocycles. The van der Waals surface area contributed by atoms with E-state index in [0.717, 1.165) is 30.4 Å². The Labute approximate surface area is 158 Å². The van der Waals surface area contributed by atoms with Gasteiger partial charge in [-0.3, -0.25) is 9.59 Å². The zero-order valence-corrected chi connectivity index (χ0v) is 15.6. The summed E-state index contributed by atoms with van der Waals surface area (Å²) in [6, 6.07) is 12.3. The molecule has 1 aliphatic carbocycles. The summed E-state index contributed by atoms with van der Waals surface area (Å²) in [5, 5.41) is 2.06. The number of thiophene rings is 1. The molecule has 4 rings (SSSR count). The maximum Gasteiger partial charge on any atom is 0.225 e. The summed E-state index contributed by atoms with van der Waals surface area (Å²) >= 11 is 1.69. The second-order valence-corrected chi connectivity index (χ2v) is 8.54. The van der Waals surface area contributed by atoms with Gasteiger partial charge in [-0.1, -0.05) is 36.8 Å². The summed E-state index contributed by atoms with van der Waals surface area (Å²) in [4.78, 5) is 28.1. The first-order valence-electron chi connectivity index (χ1n) is 9.29. The highest BCUT2D eigenvalue weighted by Gasteiger charge is 2.46. The highest BCUT2D eigenvalue weighted by Crippen LogP contribution is 2.39. The molecule has 1 saturated carbocycles. The van der Waals surface area contributed by atoms with Gasteiger partial charge in [-0.2, -0.15) is 0 Å². The Kier molecular flexibility index (Phi) is 4.57. The van der Waals surface area contributed by atoms with E-state index in [1.54, 1.807) is 11.3 Å². The lowest BCUT2D eigenvalue weighted by Gasteiger charge is -2.31. The standard InChI is InChI=1S/C21H24N2O2S/c22-20(25)21(10-11-23(14-21)19(24)15-6-3-7-15)13-16-5-1-2-8-17(16)18-9-4-12-26-18/h1-2,4-5,8-9,12,15H,3,6-7,10-11,13-14H2,(H2,22,25)/t21-/m1/s1. The van der Waals surface area contributed by atoms with E-state index in [-0.39, 0.29) is 17.7 Å². The first-order chi connectivity index (χ1) is 12.6. The van der Waals surface area contributed by atoms with Crippen LogP contribution in [0.5, 0.6) is 0 Å². The van der Waals surface area contributed by atoms with Crippen LogP contribution >= 0.6 is 11.3 Å². The minimum absolute atomic E-state index is 0.164. The van der Waals surface area contributed by atoms with E-state index in [1.807, 2.05) is 23.1 Å². The summed E-state index contributed by atoms with van der Waals surface area (Å²) in [7, 11) is 0. The van der Waals surface area contributed by atoms with Gasteiger partial charge in [-0.25, -0.2) is 0 Å². The Balaban J connectivity index is 1.59. The van der Waals surface area contributed by atoms with Gasteiger partial charge in [0.15, 0.2) is 0 Å². The minimum Gasteiger partial charge on any atom is -0.369 e. The number of amides is 2. The van der Waals surface area contributed by atoms with Crippen LogP contribution in [0.1, 0.15) is 31.2 Å². The van der Waals surface area contributed by atoms with Crippen LogP contribution in [0.25, 0.3) is 10.4 Å². The van der Waals surface area contributed by atoms with E-state index in [9.17, 15) is 9.59 Å². The maximum atomic E-state index is 12.6. The number of carbonyl (C=O) groups is 2. The molecule has 0 radical (unpaired) electrons. The van der Waals surface area contributed by atoms with Crippen LogP contribution in [0.4, 0.5) is 0 Å². The monoisotopic (exact) mass is 368 g/mol. The molecule has 5 heteroatoms. The van der Waals surface area contributed by atoms with Crippen molar-refractivity contribution >= 4 is 23.2 Å². The quantitative estimate of drug-likeness (QED) is 0.878. The molecule has 2 heterocycles. The molecule has 2 aromatic rings. The number of hydrogen-bond donors (Lipinski definition) is 1. The topological polar surface area (TPSA) is 63.4 Å².